The lowest BCUT2D eigenvalue weighted by Crippen LogP contribution is -2.58. The fourth-order valence-corrected chi connectivity index (χ4v) is 8.72. The van der Waals surface area contributed by atoms with Crippen molar-refractivity contribution in [1.29, 1.82) is 0 Å². The van der Waals surface area contributed by atoms with Crippen LogP contribution in [-0.2, 0) is 9.59 Å². The third-order valence-electron chi connectivity index (χ3n) is 10.3. The second-order valence-corrected chi connectivity index (χ2v) is 11.5. The summed E-state index contributed by atoms with van der Waals surface area (Å²) in [5, 5.41) is 19.5. The zero-order chi connectivity index (χ0) is 21.8. The van der Waals surface area contributed by atoms with Crippen molar-refractivity contribution in [3.05, 3.63) is 11.6 Å². The summed E-state index contributed by atoms with van der Waals surface area (Å²) in [6.45, 7) is 9.04. The standard InChI is InChI=1S/C26H40O4/c1-5-17-21-14-16(27)10-12-26(21,4)20-11-13-25(3)18(15(2)6-9-22(28)29)7-8-19(25)23(20)24(17)30/h5,15-16,18-21,23,27H,6-14H2,1-4H3,(H,28,29)/b17-5-/t15-,16-,18-,19?,20?,21?,23+,25-,26-/m1/s1. The molecule has 0 aromatic carbocycles. The number of rotatable bonds is 4. The summed E-state index contributed by atoms with van der Waals surface area (Å²) in [5.74, 6) is 1.74. The van der Waals surface area contributed by atoms with E-state index in [-0.39, 0.29) is 35.2 Å². The fourth-order valence-electron chi connectivity index (χ4n) is 8.72. The van der Waals surface area contributed by atoms with Crippen LogP contribution >= 0.6 is 0 Å². The lowest BCUT2D eigenvalue weighted by Gasteiger charge is -2.61. The van der Waals surface area contributed by atoms with Crippen LogP contribution in [0.5, 0.6) is 0 Å². The van der Waals surface area contributed by atoms with Crippen LogP contribution in [0.2, 0.25) is 0 Å². The number of carbonyl (C=O) groups excluding carboxylic acids is 1. The zero-order valence-corrected chi connectivity index (χ0v) is 19.2. The topological polar surface area (TPSA) is 74.6 Å². The van der Waals surface area contributed by atoms with Gasteiger partial charge in [-0.2, -0.15) is 0 Å². The van der Waals surface area contributed by atoms with Gasteiger partial charge in [0.2, 0.25) is 0 Å². The Kier molecular flexibility index (Phi) is 5.70. The molecule has 0 spiro atoms. The molecule has 30 heavy (non-hydrogen) atoms. The van der Waals surface area contributed by atoms with E-state index < -0.39 is 5.97 Å². The molecule has 0 radical (unpaired) electrons. The first-order valence-corrected chi connectivity index (χ1v) is 12.2. The van der Waals surface area contributed by atoms with E-state index in [1.807, 2.05) is 13.0 Å². The summed E-state index contributed by atoms with van der Waals surface area (Å²) in [4.78, 5) is 24.9. The predicted octanol–water partition coefficient (Wildman–Crippen LogP) is 5.24. The minimum absolute atomic E-state index is 0.114. The highest BCUT2D eigenvalue weighted by Crippen LogP contribution is 2.68. The van der Waals surface area contributed by atoms with E-state index in [0.717, 1.165) is 56.9 Å². The predicted molar refractivity (Wildman–Crippen MR) is 117 cm³/mol. The molecule has 4 rings (SSSR count). The Morgan fingerprint density at radius 1 is 1.13 bits per heavy atom. The van der Waals surface area contributed by atoms with Gasteiger partial charge in [0.1, 0.15) is 0 Å². The summed E-state index contributed by atoms with van der Waals surface area (Å²) in [6.07, 6.45) is 9.86. The lowest BCUT2D eigenvalue weighted by atomic mass is 9.43. The maximum absolute atomic E-state index is 13.8. The van der Waals surface area contributed by atoms with Gasteiger partial charge in [0.25, 0.3) is 0 Å². The van der Waals surface area contributed by atoms with Gasteiger partial charge in [0.15, 0.2) is 5.78 Å². The smallest absolute Gasteiger partial charge is 0.303 e. The number of carbonyl (C=O) groups is 2. The van der Waals surface area contributed by atoms with Gasteiger partial charge in [-0.05, 0) is 104 Å². The number of carboxylic acid groups (broad SMARTS) is 1. The maximum atomic E-state index is 13.8. The van der Waals surface area contributed by atoms with Crippen LogP contribution in [-0.4, -0.2) is 28.1 Å². The largest absolute Gasteiger partial charge is 0.481 e. The summed E-state index contributed by atoms with van der Waals surface area (Å²) in [5.41, 5.74) is 1.25. The Bertz CT molecular complexity index is 741. The molecule has 0 amide bonds. The van der Waals surface area contributed by atoms with E-state index >= 15 is 0 Å². The van der Waals surface area contributed by atoms with Crippen LogP contribution in [0.3, 0.4) is 0 Å². The van der Waals surface area contributed by atoms with Crippen molar-refractivity contribution < 1.29 is 19.8 Å². The van der Waals surface area contributed by atoms with Crippen LogP contribution in [0.15, 0.2) is 11.6 Å². The van der Waals surface area contributed by atoms with Crippen LogP contribution in [0.25, 0.3) is 0 Å². The Morgan fingerprint density at radius 3 is 2.47 bits per heavy atom. The van der Waals surface area contributed by atoms with Gasteiger partial charge in [-0.1, -0.05) is 26.8 Å². The second-order valence-electron chi connectivity index (χ2n) is 11.5. The Labute approximate surface area is 181 Å². The maximum Gasteiger partial charge on any atom is 0.303 e. The lowest BCUT2D eigenvalue weighted by molar-refractivity contribution is -0.150. The molecule has 4 aliphatic carbocycles. The van der Waals surface area contributed by atoms with Crippen molar-refractivity contribution in [3.63, 3.8) is 0 Å². The molecular weight excluding hydrogens is 376 g/mol. The zero-order valence-electron chi connectivity index (χ0n) is 19.2. The molecule has 0 aliphatic heterocycles. The summed E-state index contributed by atoms with van der Waals surface area (Å²) >= 11 is 0. The third kappa shape index (κ3) is 3.20. The highest BCUT2D eigenvalue weighted by atomic mass is 16.4. The molecule has 4 saturated carbocycles. The van der Waals surface area contributed by atoms with Gasteiger partial charge < -0.3 is 10.2 Å². The van der Waals surface area contributed by atoms with Crippen molar-refractivity contribution in [1.82, 2.24) is 0 Å². The molecule has 0 aromatic heterocycles. The van der Waals surface area contributed by atoms with Crippen molar-refractivity contribution >= 4 is 11.8 Å². The molecule has 0 heterocycles. The number of allylic oxidation sites excluding steroid dienone is 2. The van der Waals surface area contributed by atoms with Gasteiger partial charge in [-0.3, -0.25) is 9.59 Å². The van der Waals surface area contributed by atoms with Gasteiger partial charge in [-0.25, -0.2) is 0 Å². The normalized spacial score (nSPS) is 48.0. The number of hydrogen-bond acceptors (Lipinski definition) is 3. The van der Waals surface area contributed by atoms with Crippen molar-refractivity contribution in [2.45, 2.75) is 91.6 Å². The summed E-state index contributed by atoms with van der Waals surface area (Å²) in [6, 6.07) is 0. The fraction of sp³-hybridized carbons (Fsp3) is 0.846. The number of aliphatic hydroxyl groups is 1. The molecule has 168 valence electrons. The molecule has 0 aromatic rings. The number of hydrogen-bond donors (Lipinski definition) is 2. The van der Waals surface area contributed by atoms with E-state index in [4.69, 9.17) is 5.11 Å². The van der Waals surface area contributed by atoms with Crippen molar-refractivity contribution in [2.24, 2.45) is 46.3 Å². The molecule has 4 aliphatic rings. The van der Waals surface area contributed by atoms with E-state index in [1.165, 1.54) is 0 Å². The molecular formula is C26H40O4. The molecule has 0 saturated heterocycles. The highest BCUT2D eigenvalue weighted by Gasteiger charge is 2.64. The molecule has 4 fully saturated rings. The number of carboxylic acids is 1. The molecule has 3 unspecified atom stereocenters. The van der Waals surface area contributed by atoms with E-state index in [1.54, 1.807) is 0 Å². The first-order chi connectivity index (χ1) is 14.1. The van der Waals surface area contributed by atoms with Crippen LogP contribution in [0.4, 0.5) is 0 Å². The van der Waals surface area contributed by atoms with Crippen LogP contribution < -0.4 is 0 Å². The Hall–Kier alpha value is -1.16. The highest BCUT2D eigenvalue weighted by molar-refractivity contribution is 5.99. The SMILES string of the molecule is C/C=C1\C(=O)[C@@H]2C(CC[C@@]3(C)C2CC[C@@H]3[C@H](C)CCC(=O)O)[C@@]2(C)CC[C@@H](O)CC12. The second kappa shape index (κ2) is 7.76. The number of ketones is 1. The molecule has 4 nitrogen and oxygen atoms in total. The van der Waals surface area contributed by atoms with E-state index in [0.29, 0.717) is 29.5 Å². The number of aliphatic hydroxyl groups excluding tert-OH is 1. The van der Waals surface area contributed by atoms with Crippen molar-refractivity contribution in [2.75, 3.05) is 0 Å². The minimum atomic E-state index is -0.705. The third-order valence-corrected chi connectivity index (χ3v) is 10.3. The van der Waals surface area contributed by atoms with Crippen LogP contribution in [0.1, 0.15) is 85.5 Å². The average Bonchev–Trinajstić information content (AvgIpc) is 3.05. The first-order valence-electron chi connectivity index (χ1n) is 12.2. The van der Waals surface area contributed by atoms with Gasteiger partial charge in [-0.15, -0.1) is 0 Å². The van der Waals surface area contributed by atoms with Crippen molar-refractivity contribution in [3.8, 4) is 0 Å². The number of fused-ring (bicyclic) bond motifs is 5. The van der Waals surface area contributed by atoms with E-state index in [2.05, 4.69) is 20.8 Å². The monoisotopic (exact) mass is 416 g/mol. The van der Waals surface area contributed by atoms with Gasteiger partial charge in [0.05, 0.1) is 6.10 Å². The number of Topliss-reactive ketones (excluding diaryl/α,β-unsaturated/α-hetero) is 1. The van der Waals surface area contributed by atoms with E-state index in [9.17, 15) is 14.7 Å². The van der Waals surface area contributed by atoms with Gasteiger partial charge in [0, 0.05) is 12.3 Å². The minimum Gasteiger partial charge on any atom is -0.481 e. The van der Waals surface area contributed by atoms with Gasteiger partial charge >= 0.3 is 5.97 Å². The van der Waals surface area contributed by atoms with Crippen LogP contribution in [0, 0.1) is 46.3 Å². The quantitative estimate of drug-likeness (QED) is 0.614. The Morgan fingerprint density at radius 2 is 1.80 bits per heavy atom. The average molecular weight is 417 g/mol. The first kappa shape index (κ1) is 22.0. The molecule has 9 atom stereocenters. The summed E-state index contributed by atoms with van der Waals surface area (Å²) in [7, 11) is 0. The molecule has 0 bridgehead atoms. The molecule has 2 N–H and O–H groups in total. The number of aliphatic carboxylic acids is 1. The summed E-state index contributed by atoms with van der Waals surface area (Å²) < 4.78 is 0. The Balaban J connectivity index is 1.64. The molecule has 4 heteroatoms.